The number of nitrogens with one attached hydrogen (secondary N) is 1. The van der Waals surface area contributed by atoms with Crippen LogP contribution in [0, 0.1) is 0 Å². The predicted molar refractivity (Wildman–Crippen MR) is 84.0 cm³/mol. The molecule has 1 N–H and O–H groups in total. The Morgan fingerprint density at radius 2 is 2.00 bits per heavy atom. The molecule has 100 valence electrons. The zero-order valence-electron chi connectivity index (χ0n) is 10.8. The normalized spacial score (nSPS) is 15.8. The number of nitrogens with zero attached hydrogens (tertiary/aromatic N) is 1. The minimum Gasteiger partial charge on any atom is -0.379 e. The van der Waals surface area contributed by atoms with Crippen molar-refractivity contribution in [3.63, 3.8) is 0 Å². The molecule has 1 heterocycles. The van der Waals surface area contributed by atoms with Crippen molar-refractivity contribution in [1.82, 2.24) is 4.98 Å². The molecule has 0 amide bonds. The van der Waals surface area contributed by atoms with Crippen LogP contribution in [0.25, 0.3) is 0 Å². The summed E-state index contributed by atoms with van der Waals surface area (Å²) < 4.78 is 0. The van der Waals surface area contributed by atoms with Gasteiger partial charge in [-0.1, -0.05) is 12.8 Å². The Morgan fingerprint density at radius 3 is 2.68 bits per heavy atom. The molecule has 19 heavy (non-hydrogen) atoms. The van der Waals surface area contributed by atoms with Gasteiger partial charge in [0.1, 0.15) is 5.01 Å². The van der Waals surface area contributed by atoms with Gasteiger partial charge >= 0.3 is 0 Å². The lowest BCUT2D eigenvalue weighted by molar-refractivity contribution is 0.886. The maximum Gasteiger partial charge on any atom is 0.112 e. The molecular formula is C15H18N2S2. The summed E-state index contributed by atoms with van der Waals surface area (Å²) in [6.45, 7) is 0.812. The second-order valence-corrected chi connectivity index (χ2v) is 7.18. The third kappa shape index (κ3) is 3.74. The van der Waals surface area contributed by atoms with E-state index < -0.39 is 0 Å². The van der Waals surface area contributed by atoms with E-state index in [2.05, 4.69) is 34.6 Å². The summed E-state index contributed by atoms with van der Waals surface area (Å²) in [7, 11) is 0. The fourth-order valence-corrected chi connectivity index (χ4v) is 4.17. The molecule has 2 aromatic rings. The van der Waals surface area contributed by atoms with Gasteiger partial charge in [0.15, 0.2) is 0 Å². The summed E-state index contributed by atoms with van der Waals surface area (Å²) >= 11 is 3.73. The fourth-order valence-electron chi connectivity index (χ4n) is 2.37. The molecule has 4 heteroatoms. The minimum atomic E-state index is 0.812. The van der Waals surface area contributed by atoms with Crippen molar-refractivity contribution in [3.8, 4) is 0 Å². The van der Waals surface area contributed by atoms with Crippen molar-refractivity contribution in [2.24, 2.45) is 0 Å². The molecule has 1 aromatic carbocycles. The van der Waals surface area contributed by atoms with Crippen molar-refractivity contribution in [2.45, 2.75) is 42.4 Å². The first-order valence-corrected chi connectivity index (χ1v) is 8.55. The molecule has 1 fully saturated rings. The lowest BCUT2D eigenvalue weighted by Gasteiger charge is -2.09. The van der Waals surface area contributed by atoms with Gasteiger partial charge < -0.3 is 5.32 Å². The average molecular weight is 290 g/mol. The van der Waals surface area contributed by atoms with Crippen LogP contribution >= 0.6 is 23.1 Å². The molecule has 0 bridgehead atoms. The van der Waals surface area contributed by atoms with Crippen LogP contribution in [0.15, 0.2) is 40.7 Å². The van der Waals surface area contributed by atoms with Gasteiger partial charge in [0, 0.05) is 27.4 Å². The molecule has 1 saturated carbocycles. The van der Waals surface area contributed by atoms with Crippen LogP contribution in [0.2, 0.25) is 0 Å². The molecule has 3 rings (SSSR count). The lowest BCUT2D eigenvalue weighted by atomic mass is 10.3. The smallest absolute Gasteiger partial charge is 0.112 e. The van der Waals surface area contributed by atoms with E-state index in [9.17, 15) is 0 Å². The first-order valence-electron chi connectivity index (χ1n) is 6.79. The number of anilines is 1. The Kier molecular flexibility index (Phi) is 4.41. The van der Waals surface area contributed by atoms with Crippen LogP contribution < -0.4 is 5.32 Å². The van der Waals surface area contributed by atoms with E-state index in [4.69, 9.17) is 0 Å². The van der Waals surface area contributed by atoms with E-state index >= 15 is 0 Å². The monoisotopic (exact) mass is 290 g/mol. The number of benzene rings is 1. The predicted octanol–water partition coefficient (Wildman–Crippen LogP) is 4.79. The molecule has 0 radical (unpaired) electrons. The Hall–Kier alpha value is -1.00. The maximum absolute atomic E-state index is 4.27. The van der Waals surface area contributed by atoms with Crippen molar-refractivity contribution in [1.29, 1.82) is 0 Å². The van der Waals surface area contributed by atoms with Crippen LogP contribution in [-0.4, -0.2) is 10.2 Å². The van der Waals surface area contributed by atoms with E-state index in [-0.39, 0.29) is 0 Å². The second-order valence-electron chi connectivity index (χ2n) is 4.83. The topological polar surface area (TPSA) is 24.9 Å². The number of thiazole rings is 1. The number of rotatable bonds is 5. The van der Waals surface area contributed by atoms with Gasteiger partial charge in [-0.2, -0.15) is 0 Å². The van der Waals surface area contributed by atoms with Crippen LogP contribution in [0.4, 0.5) is 5.69 Å². The molecule has 2 nitrogen and oxygen atoms in total. The summed E-state index contributed by atoms with van der Waals surface area (Å²) in [6.07, 6.45) is 7.43. The molecular weight excluding hydrogens is 272 g/mol. The second kappa shape index (κ2) is 6.44. The number of hydrogen-bond donors (Lipinski definition) is 1. The van der Waals surface area contributed by atoms with E-state index in [1.807, 2.05) is 23.3 Å². The molecule has 0 saturated heterocycles. The summed E-state index contributed by atoms with van der Waals surface area (Å²) in [5.74, 6) is 0. The summed E-state index contributed by atoms with van der Waals surface area (Å²) in [4.78, 5) is 5.66. The zero-order chi connectivity index (χ0) is 12.9. The molecule has 1 aromatic heterocycles. The Bertz CT molecular complexity index is 487. The van der Waals surface area contributed by atoms with E-state index in [1.54, 1.807) is 11.3 Å². The largest absolute Gasteiger partial charge is 0.379 e. The van der Waals surface area contributed by atoms with Gasteiger partial charge in [-0.3, -0.25) is 0 Å². The first kappa shape index (κ1) is 13.0. The van der Waals surface area contributed by atoms with Crippen molar-refractivity contribution < 1.29 is 0 Å². The summed E-state index contributed by atoms with van der Waals surface area (Å²) in [6, 6.07) is 8.80. The SMILES string of the molecule is c1csc(CNc2ccc(SC3CCCC3)cc2)n1. The third-order valence-corrected chi connectivity index (χ3v) is 5.52. The van der Waals surface area contributed by atoms with Crippen LogP contribution in [-0.2, 0) is 6.54 Å². The van der Waals surface area contributed by atoms with Gasteiger partial charge in [0.2, 0.25) is 0 Å². The van der Waals surface area contributed by atoms with Crippen LogP contribution in [0.1, 0.15) is 30.7 Å². The first-order chi connectivity index (χ1) is 9.40. The van der Waals surface area contributed by atoms with Gasteiger partial charge in [-0.25, -0.2) is 4.98 Å². The third-order valence-electron chi connectivity index (χ3n) is 3.39. The molecule has 1 aliphatic carbocycles. The van der Waals surface area contributed by atoms with Gasteiger partial charge in [0.05, 0.1) is 6.54 Å². The number of hydrogen-bond acceptors (Lipinski definition) is 4. The standard InChI is InChI=1S/C15H18N2S2/c1-2-4-13(3-1)19-14-7-5-12(6-8-14)17-11-15-16-9-10-18-15/h5-10,13,17H,1-4,11H2. The van der Waals surface area contributed by atoms with Gasteiger partial charge in [0.25, 0.3) is 0 Å². The Labute approximate surface area is 122 Å². The highest BCUT2D eigenvalue weighted by molar-refractivity contribution is 8.00. The highest BCUT2D eigenvalue weighted by Crippen LogP contribution is 2.34. The molecule has 0 unspecified atom stereocenters. The van der Waals surface area contributed by atoms with Crippen molar-refractivity contribution in [3.05, 3.63) is 40.8 Å². The lowest BCUT2D eigenvalue weighted by Crippen LogP contribution is -1.98. The van der Waals surface area contributed by atoms with Crippen molar-refractivity contribution >= 4 is 28.8 Å². The van der Waals surface area contributed by atoms with Gasteiger partial charge in [-0.15, -0.1) is 23.1 Å². The van der Waals surface area contributed by atoms with E-state index in [0.29, 0.717) is 0 Å². The summed E-state index contributed by atoms with van der Waals surface area (Å²) in [5, 5.41) is 7.39. The van der Waals surface area contributed by atoms with E-state index in [1.165, 1.54) is 36.3 Å². The molecule has 0 aliphatic heterocycles. The highest BCUT2D eigenvalue weighted by Gasteiger charge is 2.15. The molecule has 0 atom stereocenters. The Balaban J connectivity index is 1.53. The summed E-state index contributed by atoms with van der Waals surface area (Å²) in [5.41, 5.74) is 1.17. The molecule has 1 aliphatic rings. The van der Waals surface area contributed by atoms with Crippen LogP contribution in [0.3, 0.4) is 0 Å². The number of aromatic nitrogens is 1. The minimum absolute atomic E-state index is 0.812. The van der Waals surface area contributed by atoms with Crippen LogP contribution in [0.5, 0.6) is 0 Å². The Morgan fingerprint density at radius 1 is 1.21 bits per heavy atom. The van der Waals surface area contributed by atoms with Crippen molar-refractivity contribution in [2.75, 3.05) is 5.32 Å². The highest BCUT2D eigenvalue weighted by atomic mass is 32.2. The fraction of sp³-hybridized carbons (Fsp3) is 0.400. The quantitative estimate of drug-likeness (QED) is 0.857. The maximum atomic E-state index is 4.27. The van der Waals surface area contributed by atoms with Gasteiger partial charge in [-0.05, 0) is 37.1 Å². The number of thioether (sulfide) groups is 1. The zero-order valence-corrected chi connectivity index (χ0v) is 12.5. The average Bonchev–Trinajstić information content (AvgIpc) is 3.11. The van der Waals surface area contributed by atoms with E-state index in [0.717, 1.165) is 16.8 Å². The molecule has 0 spiro atoms.